The van der Waals surface area contributed by atoms with Gasteiger partial charge in [0.15, 0.2) is 11.0 Å². The molecule has 2 heterocycles. The number of anilines is 1. The summed E-state index contributed by atoms with van der Waals surface area (Å²) in [7, 11) is 0. The van der Waals surface area contributed by atoms with Crippen molar-refractivity contribution in [2.75, 3.05) is 11.1 Å². The van der Waals surface area contributed by atoms with Crippen LogP contribution in [0.25, 0.3) is 5.69 Å². The van der Waals surface area contributed by atoms with Gasteiger partial charge in [0, 0.05) is 23.5 Å². The van der Waals surface area contributed by atoms with Gasteiger partial charge in [-0.25, -0.2) is 4.98 Å². The van der Waals surface area contributed by atoms with Crippen molar-refractivity contribution >= 4 is 35.1 Å². The topological polar surface area (TPSA) is 73.0 Å². The maximum absolute atomic E-state index is 12.0. The second-order valence-electron chi connectivity index (χ2n) is 5.12. The first kappa shape index (κ1) is 16.6. The normalized spacial score (nSPS) is 10.8. The number of rotatable bonds is 5. The van der Waals surface area contributed by atoms with Crippen LogP contribution in [-0.2, 0) is 4.79 Å². The number of amides is 1. The Bertz CT molecular complexity index is 875. The molecule has 1 aromatic carbocycles. The number of aryl methyl sites for hydroxylation is 1. The van der Waals surface area contributed by atoms with Crippen molar-refractivity contribution in [1.29, 1.82) is 0 Å². The van der Waals surface area contributed by atoms with Gasteiger partial charge in [0.25, 0.3) is 0 Å². The van der Waals surface area contributed by atoms with Gasteiger partial charge in [-0.15, -0.1) is 0 Å². The van der Waals surface area contributed by atoms with E-state index in [0.717, 1.165) is 11.3 Å². The maximum atomic E-state index is 12.0. The summed E-state index contributed by atoms with van der Waals surface area (Å²) in [6.07, 6.45) is 3.54. The van der Waals surface area contributed by atoms with Gasteiger partial charge >= 0.3 is 0 Å². The molecule has 0 spiro atoms. The van der Waals surface area contributed by atoms with E-state index in [1.54, 1.807) is 19.2 Å². The third-order valence-corrected chi connectivity index (χ3v) is 4.71. The zero-order valence-electron chi connectivity index (χ0n) is 13.1. The first-order valence-electron chi connectivity index (χ1n) is 7.19. The van der Waals surface area contributed by atoms with Crippen LogP contribution in [0.3, 0.4) is 0 Å². The molecular formula is C16H15ClN4O2S. The van der Waals surface area contributed by atoms with E-state index in [1.165, 1.54) is 11.8 Å². The predicted octanol–water partition coefficient (Wildman–Crippen LogP) is 3.86. The number of carbonyl (C=O) groups excluding carboxylic acids is 1. The molecule has 1 amide bonds. The maximum Gasteiger partial charge on any atom is 0.236 e. The molecule has 0 bridgehead atoms. The van der Waals surface area contributed by atoms with Crippen LogP contribution in [0.1, 0.15) is 11.3 Å². The third kappa shape index (κ3) is 3.63. The van der Waals surface area contributed by atoms with E-state index in [-0.39, 0.29) is 11.7 Å². The molecule has 0 radical (unpaired) electrons. The van der Waals surface area contributed by atoms with Gasteiger partial charge in [0.05, 0.1) is 11.4 Å². The fraction of sp³-hybridized carbons (Fsp3) is 0.188. The Labute approximate surface area is 148 Å². The minimum absolute atomic E-state index is 0.175. The molecule has 1 N–H and O–H groups in total. The van der Waals surface area contributed by atoms with Crippen LogP contribution in [0, 0.1) is 13.8 Å². The second-order valence-corrected chi connectivity index (χ2v) is 6.47. The third-order valence-electron chi connectivity index (χ3n) is 3.33. The van der Waals surface area contributed by atoms with Crippen molar-refractivity contribution in [2.24, 2.45) is 0 Å². The fourth-order valence-electron chi connectivity index (χ4n) is 2.17. The average Bonchev–Trinajstić information content (AvgIpc) is 3.17. The highest BCUT2D eigenvalue weighted by molar-refractivity contribution is 7.99. The Balaban J connectivity index is 1.70. The number of nitrogens with one attached hydrogen (secondary N) is 1. The van der Waals surface area contributed by atoms with Crippen molar-refractivity contribution in [1.82, 2.24) is 14.7 Å². The zero-order chi connectivity index (χ0) is 17.1. The molecule has 0 aliphatic rings. The molecule has 124 valence electrons. The van der Waals surface area contributed by atoms with Crippen molar-refractivity contribution in [2.45, 2.75) is 19.0 Å². The minimum atomic E-state index is -0.175. The van der Waals surface area contributed by atoms with E-state index < -0.39 is 0 Å². The second kappa shape index (κ2) is 7.11. The highest BCUT2D eigenvalue weighted by Crippen LogP contribution is 2.26. The summed E-state index contributed by atoms with van der Waals surface area (Å²) in [4.78, 5) is 16.3. The first-order valence-corrected chi connectivity index (χ1v) is 8.56. The summed E-state index contributed by atoms with van der Waals surface area (Å²) in [5.74, 6) is 1.09. The van der Waals surface area contributed by atoms with Gasteiger partial charge in [-0.3, -0.25) is 9.36 Å². The quantitative estimate of drug-likeness (QED) is 0.697. The number of benzene rings is 1. The lowest BCUT2D eigenvalue weighted by Crippen LogP contribution is -2.14. The molecule has 3 rings (SSSR count). The number of halogens is 1. The number of nitrogens with zero attached hydrogens (tertiary/aromatic N) is 3. The summed E-state index contributed by atoms with van der Waals surface area (Å²) in [6, 6.07) is 7.36. The Morgan fingerprint density at radius 2 is 2.25 bits per heavy atom. The van der Waals surface area contributed by atoms with Crippen LogP contribution < -0.4 is 5.32 Å². The number of thioether (sulfide) groups is 1. The number of hydrogen-bond acceptors (Lipinski definition) is 5. The molecule has 24 heavy (non-hydrogen) atoms. The fourth-order valence-corrected chi connectivity index (χ4v) is 3.11. The van der Waals surface area contributed by atoms with Crippen LogP contribution in [-0.4, -0.2) is 26.4 Å². The molecule has 0 atom stereocenters. The predicted molar refractivity (Wildman–Crippen MR) is 93.9 cm³/mol. The lowest BCUT2D eigenvalue weighted by atomic mass is 10.2. The minimum Gasteiger partial charge on any atom is -0.360 e. The summed E-state index contributed by atoms with van der Waals surface area (Å²) >= 11 is 7.52. The average molecular weight is 363 g/mol. The van der Waals surface area contributed by atoms with E-state index >= 15 is 0 Å². The van der Waals surface area contributed by atoms with Crippen molar-refractivity contribution in [3.63, 3.8) is 0 Å². The largest absolute Gasteiger partial charge is 0.360 e. The van der Waals surface area contributed by atoms with Crippen molar-refractivity contribution < 1.29 is 9.32 Å². The lowest BCUT2D eigenvalue weighted by Gasteiger charge is -2.11. The van der Waals surface area contributed by atoms with Crippen molar-refractivity contribution in [3.8, 4) is 5.69 Å². The summed E-state index contributed by atoms with van der Waals surface area (Å²) in [5, 5.41) is 7.82. The smallest absolute Gasteiger partial charge is 0.236 e. The van der Waals surface area contributed by atoms with Gasteiger partial charge in [-0.05, 0) is 31.5 Å². The summed E-state index contributed by atoms with van der Waals surface area (Å²) < 4.78 is 6.83. The molecular weight excluding hydrogens is 348 g/mol. The van der Waals surface area contributed by atoms with E-state index in [2.05, 4.69) is 15.5 Å². The SMILES string of the molecule is Cc1cc(NC(=O)CSc2nccn2-c2cccc(Cl)c2C)no1. The highest BCUT2D eigenvalue weighted by Gasteiger charge is 2.12. The molecule has 0 aliphatic carbocycles. The number of carbonyl (C=O) groups is 1. The molecule has 0 unspecified atom stereocenters. The Morgan fingerprint density at radius 1 is 1.42 bits per heavy atom. The van der Waals surface area contributed by atoms with Crippen LogP contribution in [0.4, 0.5) is 5.82 Å². The first-order chi connectivity index (χ1) is 11.5. The lowest BCUT2D eigenvalue weighted by molar-refractivity contribution is -0.113. The van der Waals surface area contributed by atoms with Crippen LogP contribution in [0.15, 0.2) is 46.3 Å². The molecule has 3 aromatic rings. The molecule has 0 saturated heterocycles. The van der Waals surface area contributed by atoms with Gasteiger partial charge in [0.2, 0.25) is 5.91 Å². The van der Waals surface area contributed by atoms with Crippen LogP contribution in [0.5, 0.6) is 0 Å². The summed E-state index contributed by atoms with van der Waals surface area (Å²) in [6.45, 7) is 3.72. The molecule has 0 saturated carbocycles. The Kier molecular flexibility index (Phi) is 4.92. The molecule has 2 aromatic heterocycles. The van der Waals surface area contributed by atoms with Crippen LogP contribution in [0.2, 0.25) is 5.02 Å². The van der Waals surface area contributed by atoms with E-state index in [0.29, 0.717) is 21.8 Å². The number of imidazole rings is 1. The zero-order valence-corrected chi connectivity index (χ0v) is 14.7. The van der Waals surface area contributed by atoms with E-state index in [4.69, 9.17) is 16.1 Å². The van der Waals surface area contributed by atoms with Gasteiger partial charge in [-0.1, -0.05) is 34.6 Å². The highest BCUT2D eigenvalue weighted by atomic mass is 35.5. The monoisotopic (exact) mass is 362 g/mol. The van der Waals surface area contributed by atoms with Gasteiger partial charge in [-0.2, -0.15) is 0 Å². The molecule has 0 aliphatic heterocycles. The molecule has 8 heteroatoms. The standard InChI is InChI=1S/C16H15ClN4O2S/c1-10-8-14(20-23-10)19-15(22)9-24-16-18-6-7-21(16)13-5-3-4-12(17)11(13)2/h3-8H,9H2,1-2H3,(H,19,20,22). The van der Waals surface area contributed by atoms with Crippen molar-refractivity contribution in [3.05, 3.63) is 53.0 Å². The Hall–Kier alpha value is -2.25. The van der Waals surface area contributed by atoms with Gasteiger partial charge in [0.1, 0.15) is 5.76 Å². The molecule has 0 fully saturated rings. The van der Waals surface area contributed by atoms with Gasteiger partial charge < -0.3 is 9.84 Å². The van der Waals surface area contributed by atoms with Crippen LogP contribution >= 0.6 is 23.4 Å². The van der Waals surface area contributed by atoms with E-state index in [9.17, 15) is 4.79 Å². The summed E-state index contributed by atoms with van der Waals surface area (Å²) in [5.41, 5.74) is 1.90. The molecule has 6 nitrogen and oxygen atoms in total. The van der Waals surface area contributed by atoms with E-state index in [1.807, 2.05) is 35.9 Å². The Morgan fingerprint density at radius 3 is 3.00 bits per heavy atom. The number of hydrogen-bond donors (Lipinski definition) is 1. The number of aromatic nitrogens is 3.